The van der Waals surface area contributed by atoms with Crippen molar-refractivity contribution in [2.24, 2.45) is 7.05 Å². The van der Waals surface area contributed by atoms with Crippen molar-refractivity contribution in [2.45, 2.75) is 4.90 Å². The molecule has 0 bridgehead atoms. The number of aromatic nitrogens is 1. The molecule has 6 nitrogen and oxygen atoms in total. The molecule has 0 radical (unpaired) electrons. The molecule has 0 spiro atoms. The number of aromatic carboxylic acids is 1. The van der Waals surface area contributed by atoms with Crippen molar-refractivity contribution < 1.29 is 18.3 Å². The zero-order valence-electron chi connectivity index (χ0n) is 10.7. The fourth-order valence-corrected chi connectivity index (χ4v) is 3.49. The summed E-state index contributed by atoms with van der Waals surface area (Å²) in [6, 6.07) is 5.82. The number of benzene rings is 1. The molecule has 2 aromatic rings. The molecule has 0 atom stereocenters. The molecule has 0 amide bonds. The van der Waals surface area contributed by atoms with Gasteiger partial charge in [-0.2, -0.15) is 0 Å². The molecule has 0 saturated heterocycles. The van der Waals surface area contributed by atoms with Crippen LogP contribution < -0.4 is 4.72 Å². The number of carboxylic acid groups (broad SMARTS) is 1. The van der Waals surface area contributed by atoms with Crippen LogP contribution in [0.3, 0.4) is 0 Å². The van der Waals surface area contributed by atoms with Crippen LogP contribution in [0.15, 0.2) is 39.8 Å². The summed E-state index contributed by atoms with van der Waals surface area (Å²) in [7, 11) is -2.45. The van der Waals surface area contributed by atoms with Gasteiger partial charge >= 0.3 is 5.97 Å². The molecule has 0 saturated carbocycles. The maximum atomic E-state index is 12.3. The van der Waals surface area contributed by atoms with Gasteiger partial charge in [0.25, 0.3) is 10.0 Å². The number of rotatable bonds is 4. The first-order valence-electron chi connectivity index (χ1n) is 5.59. The minimum Gasteiger partial charge on any atom is -0.477 e. The van der Waals surface area contributed by atoms with Crippen molar-refractivity contribution >= 4 is 49.2 Å². The molecule has 0 aliphatic rings. The van der Waals surface area contributed by atoms with Gasteiger partial charge in [-0.25, -0.2) is 13.2 Å². The highest BCUT2D eigenvalue weighted by Gasteiger charge is 2.21. The van der Waals surface area contributed by atoms with E-state index < -0.39 is 16.0 Å². The molecular weight excluding hydrogens is 384 g/mol. The van der Waals surface area contributed by atoms with Crippen molar-refractivity contribution in [1.29, 1.82) is 0 Å². The first kappa shape index (κ1) is 15.9. The topological polar surface area (TPSA) is 88.4 Å². The summed E-state index contributed by atoms with van der Waals surface area (Å²) in [5.74, 6) is -1.21. The number of sulfonamides is 1. The summed E-state index contributed by atoms with van der Waals surface area (Å²) >= 11 is 9.09. The first-order chi connectivity index (χ1) is 9.72. The Morgan fingerprint density at radius 3 is 2.67 bits per heavy atom. The van der Waals surface area contributed by atoms with Gasteiger partial charge in [0.15, 0.2) is 0 Å². The van der Waals surface area contributed by atoms with Crippen molar-refractivity contribution in [3.8, 4) is 0 Å². The Morgan fingerprint density at radius 1 is 1.43 bits per heavy atom. The van der Waals surface area contributed by atoms with Crippen LogP contribution in [0.1, 0.15) is 10.5 Å². The van der Waals surface area contributed by atoms with Gasteiger partial charge in [0, 0.05) is 13.2 Å². The van der Waals surface area contributed by atoms with Gasteiger partial charge in [0.1, 0.15) is 10.6 Å². The average molecular weight is 394 g/mol. The van der Waals surface area contributed by atoms with Crippen LogP contribution in [0.2, 0.25) is 5.02 Å². The molecule has 0 aliphatic heterocycles. The molecule has 0 aliphatic carbocycles. The number of carbonyl (C=O) groups is 1. The molecule has 1 aromatic heterocycles. The predicted molar refractivity (Wildman–Crippen MR) is 82.3 cm³/mol. The Hall–Kier alpha value is -1.51. The standard InChI is InChI=1S/C12H10BrClN2O4S/c1-16-6-7(5-10(16)12(17)18)21(19,20)15-9-4-2-3-8(14)11(9)13/h2-6,15H,1H3,(H,17,18). The lowest BCUT2D eigenvalue weighted by atomic mass is 10.3. The third-order valence-electron chi connectivity index (χ3n) is 2.71. The molecule has 21 heavy (non-hydrogen) atoms. The van der Waals surface area contributed by atoms with Gasteiger partial charge in [-0.05, 0) is 34.1 Å². The van der Waals surface area contributed by atoms with E-state index in [-0.39, 0.29) is 16.3 Å². The van der Waals surface area contributed by atoms with Crippen LogP contribution in [0.25, 0.3) is 0 Å². The van der Waals surface area contributed by atoms with Crippen LogP contribution in [0.4, 0.5) is 5.69 Å². The number of nitrogens with one attached hydrogen (secondary N) is 1. The number of hydrogen-bond donors (Lipinski definition) is 2. The quantitative estimate of drug-likeness (QED) is 0.836. The largest absolute Gasteiger partial charge is 0.477 e. The average Bonchev–Trinajstić information content (AvgIpc) is 2.78. The van der Waals surface area contributed by atoms with E-state index in [1.807, 2.05) is 0 Å². The van der Waals surface area contributed by atoms with Crippen molar-refractivity contribution in [3.05, 3.63) is 45.7 Å². The maximum absolute atomic E-state index is 12.3. The van der Waals surface area contributed by atoms with E-state index in [1.165, 1.54) is 23.9 Å². The van der Waals surface area contributed by atoms with E-state index >= 15 is 0 Å². The van der Waals surface area contributed by atoms with Crippen molar-refractivity contribution in [3.63, 3.8) is 0 Å². The summed E-state index contributed by atoms with van der Waals surface area (Å²) in [4.78, 5) is 10.8. The predicted octanol–water partition coefficient (Wildman–Crippen LogP) is 2.94. The van der Waals surface area contributed by atoms with E-state index in [1.54, 1.807) is 12.1 Å². The number of aryl methyl sites for hydroxylation is 1. The molecule has 2 rings (SSSR count). The fraction of sp³-hybridized carbons (Fsp3) is 0.0833. The SMILES string of the molecule is Cn1cc(S(=O)(=O)Nc2cccc(Cl)c2Br)cc1C(=O)O. The summed E-state index contributed by atoms with van der Waals surface area (Å²) in [6.45, 7) is 0. The minimum absolute atomic E-state index is 0.125. The summed E-state index contributed by atoms with van der Waals surface area (Å²) in [6.07, 6.45) is 1.23. The van der Waals surface area contributed by atoms with Gasteiger partial charge in [0.2, 0.25) is 0 Å². The van der Waals surface area contributed by atoms with Gasteiger partial charge in [-0.15, -0.1) is 0 Å². The fourth-order valence-electron chi connectivity index (χ4n) is 1.68. The lowest BCUT2D eigenvalue weighted by Gasteiger charge is -2.09. The number of carboxylic acids is 1. The Morgan fingerprint density at radius 2 is 2.10 bits per heavy atom. The van der Waals surface area contributed by atoms with Gasteiger partial charge in [-0.1, -0.05) is 17.7 Å². The second-order valence-electron chi connectivity index (χ2n) is 4.18. The van der Waals surface area contributed by atoms with E-state index in [0.717, 1.165) is 6.07 Å². The van der Waals surface area contributed by atoms with E-state index in [2.05, 4.69) is 20.7 Å². The van der Waals surface area contributed by atoms with Crippen LogP contribution in [0, 0.1) is 0 Å². The molecule has 112 valence electrons. The zero-order valence-corrected chi connectivity index (χ0v) is 13.8. The van der Waals surface area contributed by atoms with Crippen molar-refractivity contribution in [1.82, 2.24) is 4.57 Å². The molecule has 0 fully saturated rings. The lowest BCUT2D eigenvalue weighted by molar-refractivity contribution is 0.0686. The van der Waals surface area contributed by atoms with Gasteiger partial charge < -0.3 is 9.67 Å². The normalized spacial score (nSPS) is 11.4. The van der Waals surface area contributed by atoms with Gasteiger partial charge in [-0.3, -0.25) is 4.72 Å². The van der Waals surface area contributed by atoms with Crippen LogP contribution in [-0.2, 0) is 17.1 Å². The molecule has 0 unspecified atom stereocenters. The molecule has 1 heterocycles. The highest BCUT2D eigenvalue weighted by atomic mass is 79.9. The highest BCUT2D eigenvalue weighted by molar-refractivity contribution is 9.10. The number of hydrogen-bond acceptors (Lipinski definition) is 3. The summed E-state index contributed by atoms with van der Waals surface area (Å²) in [5.41, 5.74) is 0.142. The summed E-state index contributed by atoms with van der Waals surface area (Å²) in [5, 5.41) is 9.31. The van der Waals surface area contributed by atoms with Crippen LogP contribution >= 0.6 is 27.5 Å². The monoisotopic (exact) mass is 392 g/mol. The maximum Gasteiger partial charge on any atom is 0.352 e. The highest BCUT2D eigenvalue weighted by Crippen LogP contribution is 2.31. The van der Waals surface area contributed by atoms with Crippen LogP contribution in [0.5, 0.6) is 0 Å². The summed E-state index contributed by atoms with van der Waals surface area (Å²) < 4.78 is 28.5. The Bertz CT molecular complexity index is 817. The zero-order chi connectivity index (χ0) is 15.8. The Labute approximate surface area is 134 Å². The lowest BCUT2D eigenvalue weighted by Crippen LogP contribution is -2.12. The smallest absolute Gasteiger partial charge is 0.352 e. The number of halogens is 2. The Balaban J connectivity index is 2.41. The third-order valence-corrected chi connectivity index (χ3v) is 5.44. The third kappa shape index (κ3) is 3.22. The van der Waals surface area contributed by atoms with Crippen LogP contribution in [-0.4, -0.2) is 24.1 Å². The first-order valence-corrected chi connectivity index (χ1v) is 8.24. The molecule has 9 heteroatoms. The molecular formula is C12H10BrClN2O4S. The second kappa shape index (κ2) is 5.70. The van der Waals surface area contributed by atoms with Crippen molar-refractivity contribution in [2.75, 3.05) is 4.72 Å². The minimum atomic E-state index is -3.91. The number of anilines is 1. The molecule has 2 N–H and O–H groups in total. The molecule has 1 aromatic carbocycles. The number of nitrogens with zero attached hydrogens (tertiary/aromatic N) is 1. The van der Waals surface area contributed by atoms with Gasteiger partial charge in [0.05, 0.1) is 15.2 Å². The second-order valence-corrected chi connectivity index (χ2v) is 7.07. The van der Waals surface area contributed by atoms with E-state index in [9.17, 15) is 13.2 Å². The Kier molecular flexibility index (Phi) is 4.31. The van der Waals surface area contributed by atoms with E-state index in [4.69, 9.17) is 16.7 Å². The van der Waals surface area contributed by atoms with E-state index in [0.29, 0.717) is 9.50 Å².